The number of aromatic nitrogens is 2. The maximum atomic E-state index is 12.5. The highest BCUT2D eigenvalue weighted by Crippen LogP contribution is 2.14. The Morgan fingerprint density at radius 3 is 2.27 bits per heavy atom. The third kappa shape index (κ3) is 10.1. The lowest BCUT2D eigenvalue weighted by atomic mass is 10.1. The highest BCUT2D eigenvalue weighted by Gasteiger charge is 2.20. The molecule has 0 fully saturated rings. The molecule has 212 valence electrons. The van der Waals surface area contributed by atoms with E-state index in [0.717, 1.165) is 0 Å². The number of carbonyl (C=O) groups excluding carboxylic acids is 5. The number of H-pyrrole nitrogens is 2. The number of aldehydes is 1. The number of rotatable bonds is 14. The second-order valence-electron chi connectivity index (χ2n) is 8.03. The Balaban J connectivity index is 1.89. The SMILES string of the molecule is N#C[C@@H](CC(=O)N[C@H](C=O)C/C=C/CN)NC(=O)c1cc(NC(=O)c2cc(NC(=O)CN=C(N)NO)c[nH]2)c[nH]1. The van der Waals surface area contributed by atoms with Crippen molar-refractivity contribution >= 4 is 47.2 Å². The maximum Gasteiger partial charge on any atom is 0.272 e. The summed E-state index contributed by atoms with van der Waals surface area (Å²) in [6.07, 6.45) is 6.39. The third-order valence-electron chi connectivity index (χ3n) is 4.96. The molecule has 2 heterocycles. The third-order valence-corrected chi connectivity index (χ3v) is 4.96. The summed E-state index contributed by atoms with van der Waals surface area (Å²) < 4.78 is 0. The van der Waals surface area contributed by atoms with Crippen molar-refractivity contribution in [2.45, 2.75) is 24.9 Å². The zero-order chi connectivity index (χ0) is 29.5. The van der Waals surface area contributed by atoms with Crippen LogP contribution in [-0.2, 0) is 14.4 Å². The smallest absolute Gasteiger partial charge is 0.272 e. The highest BCUT2D eigenvalue weighted by molar-refractivity contribution is 6.05. The molecule has 0 saturated carbocycles. The lowest BCUT2D eigenvalue weighted by molar-refractivity contribution is -0.124. The molecule has 2 rings (SSSR count). The molecule has 12 N–H and O–H groups in total. The molecule has 17 heteroatoms. The van der Waals surface area contributed by atoms with Gasteiger partial charge in [-0.25, -0.2) is 10.5 Å². The molecule has 0 aliphatic heterocycles. The van der Waals surface area contributed by atoms with E-state index in [9.17, 15) is 29.2 Å². The number of nitrogens with zero attached hydrogens (tertiary/aromatic N) is 2. The molecular weight excluding hydrogens is 526 g/mol. The lowest BCUT2D eigenvalue weighted by Gasteiger charge is -2.14. The van der Waals surface area contributed by atoms with Crippen LogP contribution in [0.25, 0.3) is 0 Å². The summed E-state index contributed by atoms with van der Waals surface area (Å²) in [5.74, 6) is -2.79. The monoisotopic (exact) mass is 555 g/mol. The lowest BCUT2D eigenvalue weighted by Crippen LogP contribution is -2.41. The first-order chi connectivity index (χ1) is 19.2. The van der Waals surface area contributed by atoms with Crippen LogP contribution in [0.5, 0.6) is 0 Å². The number of hydrogen-bond acceptors (Lipinski definition) is 9. The second-order valence-corrected chi connectivity index (χ2v) is 8.03. The predicted octanol–water partition coefficient (Wildman–Crippen LogP) is -1.57. The molecule has 4 amide bonds. The van der Waals surface area contributed by atoms with E-state index in [1.807, 2.05) is 6.07 Å². The number of amides is 4. The minimum atomic E-state index is -1.18. The number of nitriles is 1. The van der Waals surface area contributed by atoms with E-state index in [1.165, 1.54) is 24.5 Å². The van der Waals surface area contributed by atoms with E-state index >= 15 is 0 Å². The number of carbonyl (C=O) groups is 5. The van der Waals surface area contributed by atoms with Crippen molar-refractivity contribution in [1.82, 2.24) is 26.1 Å². The first kappa shape index (κ1) is 30.8. The van der Waals surface area contributed by atoms with Gasteiger partial charge in [-0.05, 0) is 18.6 Å². The van der Waals surface area contributed by atoms with Gasteiger partial charge in [-0.1, -0.05) is 12.2 Å². The topological polar surface area (TPSA) is 286 Å². The summed E-state index contributed by atoms with van der Waals surface area (Å²) in [6.45, 7) is -0.0824. The van der Waals surface area contributed by atoms with Gasteiger partial charge < -0.3 is 47.5 Å². The molecule has 2 atom stereocenters. The fourth-order valence-corrected chi connectivity index (χ4v) is 3.09. The van der Waals surface area contributed by atoms with Gasteiger partial charge in [0.25, 0.3) is 11.8 Å². The average molecular weight is 556 g/mol. The fourth-order valence-electron chi connectivity index (χ4n) is 3.09. The molecular formula is C23H29N11O6. The van der Waals surface area contributed by atoms with Crippen LogP contribution in [0.1, 0.15) is 33.8 Å². The zero-order valence-corrected chi connectivity index (χ0v) is 21.1. The summed E-state index contributed by atoms with van der Waals surface area (Å²) in [5, 5.41) is 27.8. The number of anilines is 2. The van der Waals surface area contributed by atoms with Crippen molar-refractivity contribution in [1.29, 1.82) is 5.26 Å². The standard InChI is InChI=1S/C23H29N11O6/c24-4-2-1-3-13(12-35)30-19(36)7-14(8-25)32-21(38)18-6-16(10-28-18)33-22(39)17-5-15(9-27-17)31-20(37)11-29-23(26)34-40/h1-2,5-6,9-10,12-14,27-28,40H,3-4,7,11,24H2,(H,30,36)(H,31,37)(H,32,38)(H,33,39)(H3,26,29,34)/b2-1+/t13-,14+/m0/s1. The van der Waals surface area contributed by atoms with Crippen molar-refractivity contribution in [3.63, 3.8) is 0 Å². The first-order valence-electron chi connectivity index (χ1n) is 11.7. The van der Waals surface area contributed by atoms with Gasteiger partial charge in [-0.15, -0.1) is 0 Å². The van der Waals surface area contributed by atoms with Crippen molar-refractivity contribution in [2.24, 2.45) is 16.5 Å². The van der Waals surface area contributed by atoms with Gasteiger partial charge in [0.1, 0.15) is 30.3 Å². The molecule has 0 radical (unpaired) electrons. The van der Waals surface area contributed by atoms with Crippen molar-refractivity contribution < 1.29 is 29.2 Å². The van der Waals surface area contributed by atoms with Crippen LogP contribution >= 0.6 is 0 Å². The van der Waals surface area contributed by atoms with Crippen LogP contribution in [0.2, 0.25) is 0 Å². The molecule has 0 saturated heterocycles. The average Bonchev–Trinajstić information content (AvgIpc) is 3.60. The zero-order valence-electron chi connectivity index (χ0n) is 21.1. The van der Waals surface area contributed by atoms with E-state index in [4.69, 9.17) is 16.7 Å². The Hall–Kier alpha value is -5.47. The van der Waals surface area contributed by atoms with Crippen LogP contribution < -0.4 is 38.2 Å². The molecule has 2 aromatic heterocycles. The highest BCUT2D eigenvalue weighted by atomic mass is 16.5. The maximum absolute atomic E-state index is 12.5. The van der Waals surface area contributed by atoms with Gasteiger partial charge in [0.2, 0.25) is 17.8 Å². The molecule has 40 heavy (non-hydrogen) atoms. The Labute approximate surface area is 227 Å². The molecule has 0 aliphatic carbocycles. The van der Waals surface area contributed by atoms with Crippen molar-refractivity contribution in [2.75, 3.05) is 23.7 Å². The van der Waals surface area contributed by atoms with E-state index in [1.54, 1.807) is 17.6 Å². The van der Waals surface area contributed by atoms with Gasteiger partial charge in [0, 0.05) is 18.9 Å². The van der Waals surface area contributed by atoms with Gasteiger partial charge in [-0.2, -0.15) is 5.26 Å². The number of nitrogens with one attached hydrogen (secondary N) is 7. The van der Waals surface area contributed by atoms with Crippen molar-refractivity contribution in [3.8, 4) is 6.07 Å². The molecule has 0 bridgehead atoms. The molecule has 0 aliphatic rings. The van der Waals surface area contributed by atoms with Gasteiger partial charge in [0.05, 0.1) is 29.9 Å². The molecule has 0 unspecified atom stereocenters. The summed E-state index contributed by atoms with van der Waals surface area (Å²) in [5.41, 5.74) is 12.7. The van der Waals surface area contributed by atoms with E-state index < -0.39 is 35.7 Å². The largest absolute Gasteiger partial charge is 0.368 e. The summed E-state index contributed by atoms with van der Waals surface area (Å²) >= 11 is 0. The Kier molecular flexibility index (Phi) is 12.1. The van der Waals surface area contributed by atoms with Crippen LogP contribution in [0, 0.1) is 11.3 Å². The number of guanidine groups is 1. The van der Waals surface area contributed by atoms with E-state index in [2.05, 4.69) is 36.2 Å². The Bertz CT molecular complexity index is 1310. The minimum Gasteiger partial charge on any atom is -0.368 e. The Morgan fingerprint density at radius 2 is 1.68 bits per heavy atom. The van der Waals surface area contributed by atoms with Crippen LogP contribution in [0.4, 0.5) is 11.4 Å². The Morgan fingerprint density at radius 1 is 1.02 bits per heavy atom. The summed E-state index contributed by atoms with van der Waals surface area (Å²) in [7, 11) is 0. The first-order valence-corrected chi connectivity index (χ1v) is 11.7. The summed E-state index contributed by atoms with van der Waals surface area (Å²) in [6, 6.07) is 2.51. The molecule has 2 aromatic rings. The van der Waals surface area contributed by atoms with E-state index in [0.29, 0.717) is 6.29 Å². The number of nitrogens with two attached hydrogens (primary N) is 2. The fraction of sp³-hybridized carbons (Fsp3) is 0.261. The van der Waals surface area contributed by atoms with Crippen LogP contribution in [-0.4, -0.2) is 76.2 Å². The molecule has 0 spiro atoms. The number of aliphatic imine (C=N–C) groups is 1. The van der Waals surface area contributed by atoms with Crippen LogP contribution in [0.15, 0.2) is 41.7 Å². The number of hydroxylamine groups is 1. The van der Waals surface area contributed by atoms with Crippen molar-refractivity contribution in [3.05, 3.63) is 48.1 Å². The van der Waals surface area contributed by atoms with Gasteiger partial charge in [-0.3, -0.25) is 24.4 Å². The minimum absolute atomic E-state index is 0.00489. The molecule has 17 nitrogen and oxygen atoms in total. The summed E-state index contributed by atoms with van der Waals surface area (Å²) in [4.78, 5) is 69.1. The normalized spacial score (nSPS) is 12.6. The van der Waals surface area contributed by atoms with Crippen LogP contribution in [0.3, 0.4) is 0 Å². The quantitative estimate of drug-likeness (QED) is 0.0420. The van der Waals surface area contributed by atoms with Gasteiger partial charge in [0.15, 0.2) is 0 Å². The van der Waals surface area contributed by atoms with E-state index in [-0.39, 0.29) is 54.7 Å². The second kappa shape index (κ2) is 15.7. The predicted molar refractivity (Wildman–Crippen MR) is 142 cm³/mol. The molecule has 0 aromatic carbocycles. The van der Waals surface area contributed by atoms with Gasteiger partial charge >= 0.3 is 0 Å². The number of aromatic amines is 2. The number of hydrogen-bond donors (Lipinski definition) is 10.